The number of halogens is 1. The van der Waals surface area contributed by atoms with Crippen LogP contribution in [0.15, 0.2) is 48.5 Å². The summed E-state index contributed by atoms with van der Waals surface area (Å²) in [4.78, 5) is 16.2. The Kier molecular flexibility index (Phi) is 5.07. The van der Waals surface area contributed by atoms with Crippen molar-refractivity contribution in [3.63, 3.8) is 0 Å². The molecule has 5 heteroatoms. The summed E-state index contributed by atoms with van der Waals surface area (Å²) in [6, 6.07) is 15.4. The molecule has 1 atom stereocenters. The third kappa shape index (κ3) is 3.71. The number of hydrogen-bond donors (Lipinski definition) is 0. The van der Waals surface area contributed by atoms with E-state index in [4.69, 9.17) is 16.3 Å². The van der Waals surface area contributed by atoms with Crippen molar-refractivity contribution in [1.82, 2.24) is 4.90 Å². The van der Waals surface area contributed by atoms with Gasteiger partial charge in [-0.1, -0.05) is 41.9 Å². The number of ether oxygens (including phenoxy) is 1. The van der Waals surface area contributed by atoms with Crippen LogP contribution in [0.1, 0.15) is 6.42 Å². The zero-order valence-electron chi connectivity index (χ0n) is 13.9. The van der Waals surface area contributed by atoms with E-state index in [0.717, 1.165) is 36.3 Å². The zero-order chi connectivity index (χ0) is 17.1. The first-order valence-electron chi connectivity index (χ1n) is 8.02. The molecule has 3 rings (SSSR count). The second-order valence-electron chi connectivity index (χ2n) is 6.14. The van der Waals surface area contributed by atoms with Gasteiger partial charge in [-0.3, -0.25) is 4.90 Å². The number of likely N-dealkylation sites (N-methyl/N-ethyl adjacent to an activating group) is 1. The molecular weight excluding hydrogens is 324 g/mol. The molecule has 0 radical (unpaired) electrons. The molecule has 0 unspecified atom stereocenters. The van der Waals surface area contributed by atoms with E-state index in [9.17, 15) is 4.79 Å². The van der Waals surface area contributed by atoms with Gasteiger partial charge in [-0.25, -0.2) is 4.79 Å². The van der Waals surface area contributed by atoms with Crippen molar-refractivity contribution in [3.05, 3.63) is 53.6 Å². The minimum atomic E-state index is -0.329. The summed E-state index contributed by atoms with van der Waals surface area (Å²) in [6.45, 7) is 1.75. The molecule has 24 heavy (non-hydrogen) atoms. The number of carbonyl (C=O) groups is 1. The molecule has 0 aromatic heterocycles. The van der Waals surface area contributed by atoms with E-state index in [-0.39, 0.29) is 12.2 Å². The van der Waals surface area contributed by atoms with Crippen LogP contribution >= 0.6 is 11.6 Å². The fourth-order valence-electron chi connectivity index (χ4n) is 2.98. The van der Waals surface area contributed by atoms with E-state index in [2.05, 4.69) is 4.90 Å². The van der Waals surface area contributed by atoms with Gasteiger partial charge < -0.3 is 9.64 Å². The quantitative estimate of drug-likeness (QED) is 0.833. The average molecular weight is 345 g/mol. The second kappa shape index (κ2) is 7.24. The van der Waals surface area contributed by atoms with Gasteiger partial charge in [0, 0.05) is 30.7 Å². The fourth-order valence-corrected chi connectivity index (χ4v) is 3.17. The van der Waals surface area contributed by atoms with Crippen molar-refractivity contribution < 1.29 is 9.53 Å². The fraction of sp³-hybridized carbons (Fsp3) is 0.316. The predicted octanol–water partition coefficient (Wildman–Crippen LogP) is 4.28. The number of amides is 1. The lowest BCUT2D eigenvalue weighted by atomic mass is 10.0. The monoisotopic (exact) mass is 344 g/mol. The topological polar surface area (TPSA) is 32.8 Å². The summed E-state index contributed by atoms with van der Waals surface area (Å²) in [5, 5.41) is 0.668. The third-order valence-corrected chi connectivity index (χ3v) is 4.53. The smallest absolute Gasteiger partial charge is 0.414 e. The van der Waals surface area contributed by atoms with E-state index in [0.29, 0.717) is 5.02 Å². The molecule has 1 aliphatic heterocycles. The molecule has 4 nitrogen and oxygen atoms in total. The molecule has 0 N–H and O–H groups in total. The Morgan fingerprint density at radius 3 is 2.75 bits per heavy atom. The standard InChI is InChI=1S/C19H21ClN2O2/c1-21-11-10-16(13-21)24-19(23)22(2)18-9-4-3-8-17(18)14-6-5-7-15(20)12-14/h3-9,12,16H,10-11,13H2,1-2H3/t16-/m1/s1. The molecule has 1 heterocycles. The Bertz CT molecular complexity index is 735. The highest BCUT2D eigenvalue weighted by Crippen LogP contribution is 2.32. The molecular formula is C19H21ClN2O2. The molecule has 2 aromatic carbocycles. The number of likely N-dealkylation sites (tertiary alicyclic amines) is 1. The third-order valence-electron chi connectivity index (χ3n) is 4.29. The Morgan fingerprint density at radius 1 is 1.25 bits per heavy atom. The van der Waals surface area contributed by atoms with Crippen LogP contribution in [0.3, 0.4) is 0 Å². The van der Waals surface area contributed by atoms with Crippen molar-refractivity contribution in [1.29, 1.82) is 0 Å². The lowest BCUT2D eigenvalue weighted by Crippen LogP contribution is -2.32. The van der Waals surface area contributed by atoms with Gasteiger partial charge in [0.2, 0.25) is 0 Å². The molecule has 0 aliphatic carbocycles. The van der Waals surface area contributed by atoms with Crippen LogP contribution in [0, 0.1) is 0 Å². The second-order valence-corrected chi connectivity index (χ2v) is 6.58. The van der Waals surface area contributed by atoms with Crippen molar-refractivity contribution in [3.8, 4) is 11.1 Å². The molecule has 0 bridgehead atoms. The van der Waals surface area contributed by atoms with E-state index in [1.54, 1.807) is 11.9 Å². The molecule has 1 saturated heterocycles. The average Bonchev–Trinajstić information content (AvgIpc) is 2.99. The van der Waals surface area contributed by atoms with E-state index < -0.39 is 0 Å². The van der Waals surface area contributed by atoms with E-state index in [1.165, 1.54) is 0 Å². The number of rotatable bonds is 3. The van der Waals surface area contributed by atoms with Crippen molar-refractivity contribution >= 4 is 23.4 Å². The molecule has 1 aliphatic rings. The molecule has 2 aromatic rings. The SMILES string of the molecule is CN1CC[C@@H](OC(=O)N(C)c2ccccc2-c2cccc(Cl)c2)C1. The number of para-hydroxylation sites is 1. The summed E-state index contributed by atoms with van der Waals surface area (Å²) < 4.78 is 5.63. The van der Waals surface area contributed by atoms with Crippen molar-refractivity contribution in [2.75, 3.05) is 32.1 Å². The van der Waals surface area contributed by atoms with Gasteiger partial charge in [0.25, 0.3) is 0 Å². The summed E-state index contributed by atoms with van der Waals surface area (Å²) in [5.74, 6) is 0. The first-order valence-corrected chi connectivity index (χ1v) is 8.40. The number of anilines is 1. The predicted molar refractivity (Wildman–Crippen MR) is 97.7 cm³/mol. The van der Waals surface area contributed by atoms with Crippen LogP contribution in [0.4, 0.5) is 10.5 Å². The first-order chi connectivity index (χ1) is 11.5. The largest absolute Gasteiger partial charge is 0.444 e. The number of benzene rings is 2. The summed E-state index contributed by atoms with van der Waals surface area (Å²) in [7, 11) is 3.77. The van der Waals surface area contributed by atoms with Crippen LogP contribution in [0.25, 0.3) is 11.1 Å². The Morgan fingerprint density at radius 2 is 2.04 bits per heavy atom. The normalized spacial score (nSPS) is 17.7. The summed E-state index contributed by atoms with van der Waals surface area (Å²) in [5.41, 5.74) is 2.72. The highest BCUT2D eigenvalue weighted by molar-refractivity contribution is 6.30. The number of carbonyl (C=O) groups excluding carboxylic acids is 1. The van der Waals surface area contributed by atoms with Crippen LogP contribution in [-0.4, -0.2) is 44.3 Å². The van der Waals surface area contributed by atoms with Crippen LogP contribution < -0.4 is 4.90 Å². The van der Waals surface area contributed by atoms with Crippen molar-refractivity contribution in [2.45, 2.75) is 12.5 Å². The van der Waals surface area contributed by atoms with Gasteiger partial charge in [-0.05, 0) is 37.2 Å². The number of nitrogens with zero attached hydrogens (tertiary/aromatic N) is 2. The van der Waals surface area contributed by atoms with Gasteiger partial charge in [-0.2, -0.15) is 0 Å². The van der Waals surface area contributed by atoms with Gasteiger partial charge in [0.1, 0.15) is 6.10 Å². The van der Waals surface area contributed by atoms with E-state index in [1.807, 2.05) is 55.6 Å². The molecule has 1 amide bonds. The highest BCUT2D eigenvalue weighted by Gasteiger charge is 2.25. The Labute approximate surface area is 147 Å². The van der Waals surface area contributed by atoms with Crippen LogP contribution in [0.5, 0.6) is 0 Å². The van der Waals surface area contributed by atoms with E-state index >= 15 is 0 Å². The Balaban J connectivity index is 1.82. The Hall–Kier alpha value is -2.04. The zero-order valence-corrected chi connectivity index (χ0v) is 14.7. The molecule has 0 saturated carbocycles. The van der Waals surface area contributed by atoms with Gasteiger partial charge in [-0.15, -0.1) is 0 Å². The summed E-state index contributed by atoms with van der Waals surface area (Å²) in [6.07, 6.45) is 0.513. The maximum absolute atomic E-state index is 12.5. The first kappa shape index (κ1) is 16.8. The van der Waals surface area contributed by atoms with Crippen LogP contribution in [-0.2, 0) is 4.74 Å². The number of hydrogen-bond acceptors (Lipinski definition) is 3. The maximum Gasteiger partial charge on any atom is 0.414 e. The van der Waals surface area contributed by atoms with Crippen molar-refractivity contribution in [2.24, 2.45) is 0 Å². The lowest BCUT2D eigenvalue weighted by Gasteiger charge is -2.22. The minimum absolute atomic E-state index is 0.0386. The maximum atomic E-state index is 12.5. The summed E-state index contributed by atoms with van der Waals surface area (Å²) >= 11 is 6.11. The molecule has 126 valence electrons. The van der Waals surface area contributed by atoms with Gasteiger partial charge in [0.15, 0.2) is 0 Å². The molecule has 1 fully saturated rings. The van der Waals surface area contributed by atoms with Crippen LogP contribution in [0.2, 0.25) is 5.02 Å². The lowest BCUT2D eigenvalue weighted by molar-refractivity contribution is 0.110. The minimum Gasteiger partial charge on any atom is -0.444 e. The highest BCUT2D eigenvalue weighted by atomic mass is 35.5. The molecule has 0 spiro atoms. The van der Waals surface area contributed by atoms with Gasteiger partial charge >= 0.3 is 6.09 Å². The van der Waals surface area contributed by atoms with Gasteiger partial charge in [0.05, 0.1) is 5.69 Å².